The maximum absolute atomic E-state index is 12.0. The molecule has 0 saturated carbocycles. The number of benzene rings is 1. The Labute approximate surface area is 152 Å². The van der Waals surface area contributed by atoms with E-state index in [1.165, 1.54) is 4.31 Å². The van der Waals surface area contributed by atoms with Crippen LogP contribution in [-0.2, 0) is 27.9 Å². The third-order valence-electron chi connectivity index (χ3n) is 3.55. The summed E-state index contributed by atoms with van der Waals surface area (Å²) < 4.78 is 25.2. The van der Waals surface area contributed by atoms with Crippen LogP contribution in [0.5, 0.6) is 0 Å². The zero-order valence-corrected chi connectivity index (χ0v) is 15.4. The molecule has 1 aromatic heterocycles. The molecule has 134 valence electrons. The molecule has 0 saturated heterocycles. The van der Waals surface area contributed by atoms with E-state index in [1.54, 1.807) is 42.6 Å². The maximum Gasteiger partial charge on any atom is 0.221 e. The number of carbonyl (C=O) groups excluding carboxylic acids is 1. The number of amides is 1. The maximum atomic E-state index is 12.0. The van der Waals surface area contributed by atoms with E-state index in [9.17, 15) is 13.2 Å². The first-order valence-electron chi connectivity index (χ1n) is 7.71. The minimum Gasteiger partial charge on any atom is -0.350 e. The van der Waals surface area contributed by atoms with Crippen molar-refractivity contribution >= 4 is 27.5 Å². The van der Waals surface area contributed by atoms with Crippen LogP contribution in [0.4, 0.5) is 0 Å². The average Bonchev–Trinajstić information content (AvgIpc) is 2.58. The molecule has 0 atom stereocenters. The van der Waals surface area contributed by atoms with Crippen LogP contribution in [0.2, 0.25) is 5.02 Å². The molecule has 0 bridgehead atoms. The molecule has 1 N–H and O–H groups in total. The molecule has 0 unspecified atom stereocenters. The molecular weight excluding hydrogens is 362 g/mol. The first kappa shape index (κ1) is 19.4. The van der Waals surface area contributed by atoms with Gasteiger partial charge in [-0.25, -0.2) is 8.42 Å². The SMILES string of the molecule is CS(=O)(=O)N(CCC(=O)NCc1ccccn1)Cc1ccccc1Cl. The molecular formula is C17H20ClN3O3S. The van der Waals surface area contributed by atoms with E-state index in [4.69, 9.17) is 11.6 Å². The zero-order chi connectivity index (χ0) is 18.3. The second-order valence-electron chi connectivity index (χ2n) is 5.54. The number of pyridine rings is 1. The van der Waals surface area contributed by atoms with Gasteiger partial charge in [0.1, 0.15) is 0 Å². The molecule has 0 aliphatic heterocycles. The molecule has 0 aliphatic carbocycles. The number of rotatable bonds is 8. The normalized spacial score (nSPS) is 11.5. The van der Waals surface area contributed by atoms with E-state index in [2.05, 4.69) is 10.3 Å². The minimum absolute atomic E-state index is 0.0599. The van der Waals surface area contributed by atoms with Crippen molar-refractivity contribution in [2.45, 2.75) is 19.5 Å². The van der Waals surface area contributed by atoms with E-state index >= 15 is 0 Å². The number of aromatic nitrogens is 1. The molecule has 0 radical (unpaired) electrons. The molecule has 0 aliphatic rings. The predicted octanol–water partition coefficient (Wildman–Crippen LogP) is 2.20. The van der Waals surface area contributed by atoms with Crippen LogP contribution < -0.4 is 5.32 Å². The summed E-state index contributed by atoms with van der Waals surface area (Å²) >= 11 is 6.09. The first-order valence-corrected chi connectivity index (χ1v) is 9.94. The summed E-state index contributed by atoms with van der Waals surface area (Å²) in [6.45, 7) is 0.521. The van der Waals surface area contributed by atoms with Crippen LogP contribution >= 0.6 is 11.6 Å². The smallest absolute Gasteiger partial charge is 0.221 e. The fraction of sp³-hybridized carbons (Fsp3) is 0.294. The number of nitrogens with zero attached hydrogens (tertiary/aromatic N) is 2. The minimum atomic E-state index is -3.46. The number of sulfonamides is 1. The van der Waals surface area contributed by atoms with Crippen LogP contribution in [0.25, 0.3) is 0 Å². The summed E-state index contributed by atoms with van der Waals surface area (Å²) in [5.41, 5.74) is 1.44. The molecule has 2 rings (SSSR count). The van der Waals surface area contributed by atoms with Crippen LogP contribution in [0.3, 0.4) is 0 Å². The second-order valence-corrected chi connectivity index (χ2v) is 7.93. The Morgan fingerprint density at radius 2 is 1.92 bits per heavy atom. The predicted molar refractivity (Wildman–Crippen MR) is 97.4 cm³/mol. The van der Waals surface area contributed by atoms with Gasteiger partial charge in [0, 0.05) is 30.7 Å². The van der Waals surface area contributed by atoms with Gasteiger partial charge in [0.2, 0.25) is 15.9 Å². The average molecular weight is 382 g/mol. The lowest BCUT2D eigenvalue weighted by molar-refractivity contribution is -0.121. The quantitative estimate of drug-likeness (QED) is 0.760. The molecule has 1 heterocycles. The van der Waals surface area contributed by atoms with Crippen molar-refractivity contribution in [2.24, 2.45) is 0 Å². The van der Waals surface area contributed by atoms with Gasteiger partial charge in [-0.3, -0.25) is 9.78 Å². The third kappa shape index (κ3) is 6.45. The van der Waals surface area contributed by atoms with E-state index in [1.807, 2.05) is 6.07 Å². The lowest BCUT2D eigenvalue weighted by Crippen LogP contribution is -2.34. The molecule has 0 fully saturated rings. The van der Waals surface area contributed by atoms with Gasteiger partial charge in [0.15, 0.2) is 0 Å². The van der Waals surface area contributed by atoms with Crippen molar-refractivity contribution < 1.29 is 13.2 Å². The van der Waals surface area contributed by atoms with E-state index in [0.717, 1.165) is 11.9 Å². The van der Waals surface area contributed by atoms with Gasteiger partial charge in [-0.1, -0.05) is 35.9 Å². The zero-order valence-electron chi connectivity index (χ0n) is 13.9. The highest BCUT2D eigenvalue weighted by atomic mass is 35.5. The van der Waals surface area contributed by atoms with Crippen molar-refractivity contribution in [3.63, 3.8) is 0 Å². The van der Waals surface area contributed by atoms with Crippen molar-refractivity contribution in [3.8, 4) is 0 Å². The van der Waals surface area contributed by atoms with Crippen LogP contribution in [0.1, 0.15) is 17.7 Å². The first-order chi connectivity index (χ1) is 11.9. The summed E-state index contributed by atoms with van der Waals surface area (Å²) in [6, 6.07) is 12.5. The summed E-state index contributed by atoms with van der Waals surface area (Å²) in [7, 11) is -3.46. The van der Waals surface area contributed by atoms with Crippen molar-refractivity contribution in [2.75, 3.05) is 12.8 Å². The summed E-state index contributed by atoms with van der Waals surface area (Å²) in [5.74, 6) is -0.238. The highest BCUT2D eigenvalue weighted by Gasteiger charge is 2.19. The second kappa shape index (κ2) is 8.94. The largest absolute Gasteiger partial charge is 0.350 e. The molecule has 8 heteroatoms. The van der Waals surface area contributed by atoms with Crippen LogP contribution in [-0.4, -0.2) is 36.4 Å². The van der Waals surface area contributed by atoms with Gasteiger partial charge in [0.05, 0.1) is 18.5 Å². The monoisotopic (exact) mass is 381 g/mol. The van der Waals surface area contributed by atoms with Gasteiger partial charge < -0.3 is 5.32 Å². The van der Waals surface area contributed by atoms with Crippen LogP contribution in [0.15, 0.2) is 48.7 Å². The van der Waals surface area contributed by atoms with Gasteiger partial charge in [-0.05, 0) is 23.8 Å². The van der Waals surface area contributed by atoms with Gasteiger partial charge in [-0.2, -0.15) is 4.31 Å². The highest BCUT2D eigenvalue weighted by Crippen LogP contribution is 2.18. The molecule has 25 heavy (non-hydrogen) atoms. The van der Waals surface area contributed by atoms with Crippen molar-refractivity contribution in [1.29, 1.82) is 0 Å². The third-order valence-corrected chi connectivity index (χ3v) is 5.17. The Balaban J connectivity index is 1.92. The molecule has 6 nitrogen and oxygen atoms in total. The number of halogens is 1. The Hall–Kier alpha value is -1.96. The number of nitrogens with one attached hydrogen (secondary N) is 1. The number of hydrogen-bond donors (Lipinski definition) is 1. The van der Waals surface area contributed by atoms with E-state index in [0.29, 0.717) is 17.1 Å². The van der Waals surface area contributed by atoms with Crippen molar-refractivity contribution in [1.82, 2.24) is 14.6 Å². The standard InChI is InChI=1S/C17H20ClN3O3S/c1-25(23,24)21(13-14-6-2-3-8-16(14)18)11-9-17(22)20-12-15-7-4-5-10-19-15/h2-8,10H,9,11-13H2,1H3,(H,20,22). The van der Waals surface area contributed by atoms with Gasteiger partial charge >= 0.3 is 0 Å². The van der Waals surface area contributed by atoms with Crippen LogP contribution in [0, 0.1) is 0 Å². The van der Waals surface area contributed by atoms with Crippen molar-refractivity contribution in [3.05, 3.63) is 64.9 Å². The molecule has 0 spiro atoms. The molecule has 1 amide bonds. The van der Waals surface area contributed by atoms with Gasteiger partial charge in [0.25, 0.3) is 0 Å². The highest BCUT2D eigenvalue weighted by molar-refractivity contribution is 7.88. The number of carbonyl (C=O) groups is 1. The lowest BCUT2D eigenvalue weighted by Gasteiger charge is -2.20. The van der Waals surface area contributed by atoms with E-state index < -0.39 is 10.0 Å². The summed E-state index contributed by atoms with van der Waals surface area (Å²) in [4.78, 5) is 16.1. The number of hydrogen-bond acceptors (Lipinski definition) is 4. The molecule has 1 aromatic carbocycles. The van der Waals surface area contributed by atoms with Gasteiger partial charge in [-0.15, -0.1) is 0 Å². The summed E-state index contributed by atoms with van der Waals surface area (Å²) in [6.07, 6.45) is 2.83. The topological polar surface area (TPSA) is 79.4 Å². The molecule has 2 aromatic rings. The van der Waals surface area contributed by atoms with E-state index in [-0.39, 0.29) is 25.4 Å². The fourth-order valence-corrected chi connectivity index (χ4v) is 3.18. The Morgan fingerprint density at radius 3 is 2.56 bits per heavy atom. The fourth-order valence-electron chi connectivity index (χ4n) is 2.19. The summed E-state index contributed by atoms with van der Waals surface area (Å²) in [5, 5.41) is 3.23. The lowest BCUT2D eigenvalue weighted by atomic mass is 10.2. The Morgan fingerprint density at radius 1 is 1.20 bits per heavy atom. The Bertz CT molecular complexity index is 813. The Kier molecular flexibility index (Phi) is 6.92.